The minimum absolute atomic E-state index is 0.208. The van der Waals surface area contributed by atoms with Gasteiger partial charge in [-0.3, -0.25) is 9.69 Å². The summed E-state index contributed by atoms with van der Waals surface area (Å²) in [6, 6.07) is 10.7. The number of benzene rings is 1. The summed E-state index contributed by atoms with van der Waals surface area (Å²) in [6.45, 7) is 3.07. The monoisotopic (exact) mass is 431 g/mol. The third-order valence-corrected chi connectivity index (χ3v) is 4.97. The van der Waals surface area contributed by atoms with Gasteiger partial charge in [-0.25, -0.2) is 4.79 Å². The van der Waals surface area contributed by atoms with Crippen LogP contribution in [0.5, 0.6) is 0 Å². The highest BCUT2D eigenvalue weighted by Gasteiger charge is 2.33. The Morgan fingerprint density at radius 1 is 1.07 bits per heavy atom. The van der Waals surface area contributed by atoms with E-state index in [9.17, 15) is 9.59 Å². The number of urea groups is 1. The molecule has 1 aromatic carbocycles. The molecule has 3 heterocycles. The molecule has 2 aliphatic heterocycles. The topological polar surface area (TPSA) is 75.0 Å². The van der Waals surface area contributed by atoms with Crippen LogP contribution in [-0.4, -0.2) is 43.1 Å². The Labute approximate surface area is 164 Å². The number of imide groups is 1. The van der Waals surface area contributed by atoms with Gasteiger partial charge < -0.3 is 19.4 Å². The van der Waals surface area contributed by atoms with Crippen LogP contribution in [0.4, 0.5) is 10.7 Å². The first kappa shape index (κ1) is 17.8. The molecule has 0 bridgehead atoms. The first-order valence-electron chi connectivity index (χ1n) is 8.62. The van der Waals surface area contributed by atoms with Crippen molar-refractivity contribution in [3.8, 4) is 0 Å². The SMILES string of the molecule is O=C1NC(=Cc2ccc(N3CCOCC3)o2)C(=O)N1Cc1ccc(Br)cc1. The summed E-state index contributed by atoms with van der Waals surface area (Å²) in [4.78, 5) is 28.1. The molecule has 0 atom stereocenters. The van der Waals surface area contributed by atoms with Crippen molar-refractivity contribution in [3.63, 3.8) is 0 Å². The maximum absolute atomic E-state index is 12.6. The lowest BCUT2D eigenvalue weighted by Crippen LogP contribution is -2.35. The molecule has 2 aliphatic rings. The summed E-state index contributed by atoms with van der Waals surface area (Å²) in [6.07, 6.45) is 1.56. The average molecular weight is 432 g/mol. The predicted molar refractivity (Wildman–Crippen MR) is 103 cm³/mol. The van der Waals surface area contributed by atoms with Gasteiger partial charge in [-0.2, -0.15) is 0 Å². The number of anilines is 1. The van der Waals surface area contributed by atoms with Crippen LogP contribution in [0, 0.1) is 0 Å². The molecule has 4 rings (SSSR count). The number of hydrogen-bond acceptors (Lipinski definition) is 5. The fraction of sp³-hybridized carbons (Fsp3) is 0.263. The van der Waals surface area contributed by atoms with Gasteiger partial charge in [0.25, 0.3) is 5.91 Å². The van der Waals surface area contributed by atoms with E-state index in [-0.39, 0.29) is 18.1 Å². The molecule has 2 aromatic rings. The van der Waals surface area contributed by atoms with Gasteiger partial charge in [0.2, 0.25) is 0 Å². The second-order valence-electron chi connectivity index (χ2n) is 6.28. The molecule has 2 fully saturated rings. The van der Waals surface area contributed by atoms with Gasteiger partial charge in [-0.05, 0) is 23.8 Å². The van der Waals surface area contributed by atoms with Crippen LogP contribution in [0.2, 0.25) is 0 Å². The van der Waals surface area contributed by atoms with Crippen molar-refractivity contribution in [2.45, 2.75) is 6.54 Å². The van der Waals surface area contributed by atoms with Gasteiger partial charge in [0, 0.05) is 29.7 Å². The van der Waals surface area contributed by atoms with Crippen LogP contribution in [0.3, 0.4) is 0 Å². The minimum atomic E-state index is -0.436. The number of amides is 3. The zero-order valence-corrected chi connectivity index (χ0v) is 16.1. The average Bonchev–Trinajstić information content (AvgIpc) is 3.25. The number of halogens is 1. The van der Waals surface area contributed by atoms with Gasteiger partial charge in [0.05, 0.1) is 19.8 Å². The number of nitrogens with zero attached hydrogens (tertiary/aromatic N) is 2. The van der Waals surface area contributed by atoms with E-state index >= 15 is 0 Å². The highest BCUT2D eigenvalue weighted by atomic mass is 79.9. The van der Waals surface area contributed by atoms with Crippen LogP contribution < -0.4 is 10.2 Å². The van der Waals surface area contributed by atoms with Crippen LogP contribution in [-0.2, 0) is 16.1 Å². The number of rotatable bonds is 4. The quantitative estimate of drug-likeness (QED) is 0.594. The molecule has 1 aromatic heterocycles. The largest absolute Gasteiger partial charge is 0.441 e. The van der Waals surface area contributed by atoms with E-state index < -0.39 is 6.03 Å². The molecule has 0 radical (unpaired) electrons. The second-order valence-corrected chi connectivity index (χ2v) is 7.20. The molecule has 0 aliphatic carbocycles. The summed E-state index contributed by atoms with van der Waals surface area (Å²) >= 11 is 3.37. The highest BCUT2D eigenvalue weighted by molar-refractivity contribution is 9.10. The predicted octanol–water partition coefficient (Wildman–Crippen LogP) is 2.97. The third kappa shape index (κ3) is 3.91. The Balaban J connectivity index is 1.47. The number of hydrogen-bond donors (Lipinski definition) is 1. The lowest BCUT2D eigenvalue weighted by atomic mass is 10.2. The van der Waals surface area contributed by atoms with Crippen molar-refractivity contribution in [2.24, 2.45) is 0 Å². The van der Waals surface area contributed by atoms with Crippen molar-refractivity contribution in [1.82, 2.24) is 10.2 Å². The van der Waals surface area contributed by atoms with Gasteiger partial charge >= 0.3 is 6.03 Å². The van der Waals surface area contributed by atoms with E-state index in [4.69, 9.17) is 9.15 Å². The number of furan rings is 1. The summed E-state index contributed by atoms with van der Waals surface area (Å²) in [5, 5.41) is 2.62. The summed E-state index contributed by atoms with van der Waals surface area (Å²) in [5.41, 5.74) is 1.08. The molecule has 0 spiro atoms. The Morgan fingerprint density at radius 3 is 2.56 bits per heavy atom. The standard InChI is InChI=1S/C19H18BrN3O4/c20-14-3-1-13(2-4-14)12-23-18(24)16(21-19(23)25)11-15-5-6-17(27-15)22-7-9-26-10-8-22/h1-6,11H,7-10,12H2,(H,21,25). The fourth-order valence-electron chi connectivity index (χ4n) is 3.00. The number of carbonyl (C=O) groups is 2. The zero-order chi connectivity index (χ0) is 18.8. The number of nitrogens with one attached hydrogen (secondary N) is 1. The zero-order valence-electron chi connectivity index (χ0n) is 14.5. The normalized spacial score (nSPS) is 19.1. The lowest BCUT2D eigenvalue weighted by molar-refractivity contribution is -0.123. The molecule has 7 nitrogen and oxygen atoms in total. The molecule has 27 heavy (non-hydrogen) atoms. The first-order valence-corrected chi connectivity index (χ1v) is 9.41. The molecule has 0 saturated carbocycles. The molecule has 140 valence electrons. The Hall–Kier alpha value is -2.58. The lowest BCUT2D eigenvalue weighted by Gasteiger charge is -2.26. The number of ether oxygens (including phenoxy) is 1. The van der Waals surface area contributed by atoms with Crippen LogP contribution in [0.1, 0.15) is 11.3 Å². The maximum Gasteiger partial charge on any atom is 0.329 e. The van der Waals surface area contributed by atoms with Crippen molar-refractivity contribution < 1.29 is 18.7 Å². The van der Waals surface area contributed by atoms with E-state index in [1.54, 1.807) is 12.1 Å². The highest BCUT2D eigenvalue weighted by Crippen LogP contribution is 2.23. The fourth-order valence-corrected chi connectivity index (χ4v) is 3.27. The van der Waals surface area contributed by atoms with E-state index in [2.05, 4.69) is 26.1 Å². The summed E-state index contributed by atoms with van der Waals surface area (Å²) in [5.74, 6) is 0.881. The van der Waals surface area contributed by atoms with E-state index in [0.717, 1.165) is 29.0 Å². The number of morpholine rings is 1. The van der Waals surface area contributed by atoms with E-state index in [1.807, 2.05) is 30.3 Å². The third-order valence-electron chi connectivity index (χ3n) is 4.44. The van der Waals surface area contributed by atoms with Gasteiger partial charge in [0.1, 0.15) is 11.5 Å². The molecule has 8 heteroatoms. The van der Waals surface area contributed by atoms with Gasteiger partial charge in [-0.15, -0.1) is 0 Å². The van der Waals surface area contributed by atoms with Crippen molar-refractivity contribution in [1.29, 1.82) is 0 Å². The molecular formula is C19H18BrN3O4. The van der Waals surface area contributed by atoms with Crippen LogP contribution in [0.25, 0.3) is 6.08 Å². The van der Waals surface area contributed by atoms with E-state index in [1.165, 1.54) is 4.90 Å². The first-order chi connectivity index (χ1) is 13.1. The van der Waals surface area contributed by atoms with Crippen molar-refractivity contribution in [3.05, 3.63) is 57.9 Å². The second kappa shape index (κ2) is 7.58. The molecule has 2 saturated heterocycles. The number of carbonyl (C=O) groups excluding carboxylic acids is 2. The maximum atomic E-state index is 12.6. The van der Waals surface area contributed by atoms with Crippen molar-refractivity contribution in [2.75, 3.05) is 31.2 Å². The van der Waals surface area contributed by atoms with Crippen molar-refractivity contribution >= 4 is 39.8 Å². The molecular weight excluding hydrogens is 414 g/mol. The Morgan fingerprint density at radius 2 is 1.81 bits per heavy atom. The van der Waals surface area contributed by atoms with Crippen LogP contribution >= 0.6 is 15.9 Å². The molecule has 0 unspecified atom stereocenters. The Kier molecular flexibility index (Phi) is 5.00. The molecule has 1 N–H and O–H groups in total. The van der Waals surface area contributed by atoms with E-state index in [0.29, 0.717) is 19.0 Å². The van der Waals surface area contributed by atoms with Gasteiger partial charge in [0.15, 0.2) is 5.88 Å². The Bertz CT molecular complexity index is 885. The molecule has 3 amide bonds. The summed E-state index contributed by atoms with van der Waals surface area (Å²) < 4.78 is 12.1. The van der Waals surface area contributed by atoms with Gasteiger partial charge in [-0.1, -0.05) is 28.1 Å². The smallest absolute Gasteiger partial charge is 0.329 e. The summed E-state index contributed by atoms with van der Waals surface area (Å²) in [7, 11) is 0. The minimum Gasteiger partial charge on any atom is -0.441 e. The van der Waals surface area contributed by atoms with Crippen LogP contribution in [0.15, 0.2) is 51.0 Å².